The number of rotatable bonds is 3. The molecular weight excluding hydrogens is 478 g/mol. The summed E-state index contributed by atoms with van der Waals surface area (Å²) >= 11 is 9.64. The van der Waals surface area contributed by atoms with E-state index in [1.54, 1.807) is 12.1 Å². The topological polar surface area (TPSA) is 72.0 Å². The second-order valence-electron chi connectivity index (χ2n) is 3.85. The molecular formula is C11H8Br3N3O2S. The summed E-state index contributed by atoms with van der Waals surface area (Å²) in [6, 6.07) is 4.78. The zero-order chi connectivity index (χ0) is 14.9. The monoisotopic (exact) mass is 483 g/mol. The van der Waals surface area contributed by atoms with Gasteiger partial charge in [-0.05, 0) is 62.5 Å². The molecule has 5 nitrogen and oxygen atoms in total. The van der Waals surface area contributed by atoms with Crippen molar-refractivity contribution in [2.24, 2.45) is 0 Å². The van der Waals surface area contributed by atoms with Gasteiger partial charge in [-0.3, -0.25) is 4.72 Å². The smallest absolute Gasteiger partial charge is 0.261 e. The quantitative estimate of drug-likeness (QED) is 0.716. The normalized spacial score (nSPS) is 11.4. The molecule has 0 aliphatic heterocycles. The molecule has 2 aromatic rings. The van der Waals surface area contributed by atoms with Crippen molar-refractivity contribution in [3.63, 3.8) is 0 Å². The van der Waals surface area contributed by atoms with Crippen molar-refractivity contribution in [1.82, 2.24) is 9.97 Å². The summed E-state index contributed by atoms with van der Waals surface area (Å²) in [6.07, 6.45) is 1.41. The third-order valence-electron chi connectivity index (χ3n) is 2.37. The lowest BCUT2D eigenvalue weighted by molar-refractivity contribution is 0.601. The van der Waals surface area contributed by atoms with Crippen molar-refractivity contribution < 1.29 is 8.42 Å². The van der Waals surface area contributed by atoms with Gasteiger partial charge in [0, 0.05) is 4.47 Å². The third kappa shape index (κ3) is 3.57. The molecule has 1 N–H and O–H groups in total. The summed E-state index contributed by atoms with van der Waals surface area (Å²) in [5, 5.41) is 0. The molecule has 9 heteroatoms. The molecule has 0 bridgehead atoms. The fraction of sp³-hybridized carbons (Fsp3) is 0.0909. The van der Waals surface area contributed by atoms with E-state index >= 15 is 0 Å². The zero-order valence-corrected chi connectivity index (χ0v) is 15.6. The molecule has 2 rings (SSSR count). The lowest BCUT2D eigenvalue weighted by atomic mass is 10.2. The van der Waals surface area contributed by atoms with Crippen LogP contribution < -0.4 is 4.72 Å². The summed E-state index contributed by atoms with van der Waals surface area (Å²) in [5.41, 5.74) is 0.828. The van der Waals surface area contributed by atoms with Gasteiger partial charge in [-0.15, -0.1) is 0 Å². The molecule has 0 unspecified atom stereocenters. The number of hydrogen-bond acceptors (Lipinski definition) is 4. The van der Waals surface area contributed by atoms with E-state index in [-0.39, 0.29) is 10.7 Å². The molecule has 0 saturated carbocycles. The first-order valence-corrected chi connectivity index (χ1v) is 9.13. The molecule has 20 heavy (non-hydrogen) atoms. The van der Waals surface area contributed by atoms with E-state index in [2.05, 4.69) is 62.5 Å². The van der Waals surface area contributed by atoms with Crippen molar-refractivity contribution >= 4 is 63.6 Å². The molecule has 0 amide bonds. The average molecular weight is 486 g/mol. The summed E-state index contributed by atoms with van der Waals surface area (Å²) in [5.74, 6) is 0.133. The average Bonchev–Trinajstić information content (AvgIpc) is 2.36. The van der Waals surface area contributed by atoms with Crippen LogP contribution in [0, 0.1) is 6.92 Å². The minimum atomic E-state index is -3.71. The fourth-order valence-electron chi connectivity index (χ4n) is 1.39. The number of nitrogens with one attached hydrogen (secondary N) is 1. The number of hydrogen-bond donors (Lipinski definition) is 1. The van der Waals surface area contributed by atoms with Crippen LogP contribution in [0.1, 0.15) is 5.56 Å². The Morgan fingerprint density at radius 1 is 1.20 bits per heavy atom. The van der Waals surface area contributed by atoms with E-state index in [1.807, 2.05) is 6.92 Å². The van der Waals surface area contributed by atoms with Gasteiger partial charge in [0.05, 0.1) is 11.1 Å². The minimum Gasteiger partial charge on any atom is -0.261 e. The first-order chi connectivity index (χ1) is 9.29. The van der Waals surface area contributed by atoms with Crippen molar-refractivity contribution in [2.45, 2.75) is 11.8 Å². The summed E-state index contributed by atoms with van der Waals surface area (Å²) in [6.45, 7) is 1.82. The predicted molar refractivity (Wildman–Crippen MR) is 87.1 cm³/mol. The largest absolute Gasteiger partial charge is 0.263 e. The Morgan fingerprint density at radius 2 is 1.90 bits per heavy atom. The highest BCUT2D eigenvalue weighted by atomic mass is 79.9. The number of nitrogens with zero attached hydrogens (tertiary/aromatic N) is 2. The molecule has 0 aliphatic rings. The van der Waals surface area contributed by atoms with Gasteiger partial charge >= 0.3 is 0 Å². The van der Waals surface area contributed by atoms with Gasteiger partial charge in [-0.2, -0.15) is 0 Å². The SMILES string of the molecule is Cc1cc(S(=O)(=O)Nc2ncc(Br)nc2Br)ccc1Br. The van der Waals surface area contributed by atoms with E-state index in [1.165, 1.54) is 12.3 Å². The second-order valence-corrected chi connectivity index (χ2v) is 7.95. The van der Waals surface area contributed by atoms with Crippen LogP contribution in [-0.2, 0) is 10.0 Å². The predicted octanol–water partition coefficient (Wildman–Crippen LogP) is 3.87. The highest BCUT2D eigenvalue weighted by Crippen LogP contribution is 2.24. The van der Waals surface area contributed by atoms with Crippen LogP contribution in [0.5, 0.6) is 0 Å². The van der Waals surface area contributed by atoms with Gasteiger partial charge in [-0.1, -0.05) is 15.9 Å². The minimum absolute atomic E-state index is 0.133. The Kier molecular flexibility index (Phi) is 4.83. The van der Waals surface area contributed by atoms with Crippen LogP contribution in [0.2, 0.25) is 0 Å². The van der Waals surface area contributed by atoms with E-state index in [4.69, 9.17) is 0 Å². The molecule has 0 saturated heterocycles. The van der Waals surface area contributed by atoms with Crippen LogP contribution in [0.25, 0.3) is 0 Å². The first-order valence-electron chi connectivity index (χ1n) is 5.26. The highest BCUT2D eigenvalue weighted by molar-refractivity contribution is 9.11. The van der Waals surface area contributed by atoms with Crippen molar-refractivity contribution in [1.29, 1.82) is 0 Å². The number of aryl methyl sites for hydroxylation is 1. The van der Waals surface area contributed by atoms with Crippen molar-refractivity contribution in [3.8, 4) is 0 Å². The van der Waals surface area contributed by atoms with Gasteiger partial charge < -0.3 is 0 Å². The highest BCUT2D eigenvalue weighted by Gasteiger charge is 2.17. The Labute approximate surface area is 141 Å². The van der Waals surface area contributed by atoms with Gasteiger partial charge in [-0.25, -0.2) is 18.4 Å². The summed E-state index contributed by atoms with van der Waals surface area (Å²) in [4.78, 5) is 8.15. The molecule has 1 aromatic carbocycles. The maximum absolute atomic E-state index is 12.3. The molecule has 106 valence electrons. The van der Waals surface area contributed by atoms with Crippen LogP contribution in [0.15, 0.2) is 43.0 Å². The molecule has 0 aliphatic carbocycles. The Balaban J connectivity index is 2.38. The summed E-state index contributed by atoms with van der Waals surface area (Å²) < 4.78 is 28.6. The van der Waals surface area contributed by atoms with Crippen LogP contribution in [0.4, 0.5) is 5.82 Å². The maximum atomic E-state index is 12.3. The lowest BCUT2D eigenvalue weighted by Gasteiger charge is -2.09. The van der Waals surface area contributed by atoms with E-state index in [9.17, 15) is 8.42 Å². The number of aromatic nitrogens is 2. The Morgan fingerprint density at radius 3 is 2.50 bits per heavy atom. The number of sulfonamides is 1. The van der Waals surface area contributed by atoms with E-state index in [0.29, 0.717) is 9.21 Å². The van der Waals surface area contributed by atoms with E-state index in [0.717, 1.165) is 10.0 Å². The molecule has 1 aromatic heterocycles. The van der Waals surface area contributed by atoms with Gasteiger partial charge in [0.25, 0.3) is 10.0 Å². The molecule has 0 fully saturated rings. The zero-order valence-electron chi connectivity index (χ0n) is 10.1. The van der Waals surface area contributed by atoms with Crippen LogP contribution >= 0.6 is 47.8 Å². The van der Waals surface area contributed by atoms with Crippen LogP contribution in [0.3, 0.4) is 0 Å². The van der Waals surface area contributed by atoms with Gasteiger partial charge in [0.1, 0.15) is 4.60 Å². The van der Waals surface area contributed by atoms with Crippen molar-refractivity contribution in [3.05, 3.63) is 43.6 Å². The van der Waals surface area contributed by atoms with E-state index < -0.39 is 10.0 Å². The third-order valence-corrected chi connectivity index (χ3v) is 5.53. The first kappa shape index (κ1) is 15.9. The van der Waals surface area contributed by atoms with Crippen LogP contribution in [-0.4, -0.2) is 18.4 Å². The standard InChI is InChI=1S/C11H8Br3N3O2S/c1-6-4-7(2-3-8(6)12)20(18,19)17-11-10(14)16-9(13)5-15-11/h2-5H,1H3,(H,15,17). The number of halogens is 3. The molecule has 0 spiro atoms. The molecule has 0 radical (unpaired) electrons. The summed E-state index contributed by atoms with van der Waals surface area (Å²) in [7, 11) is -3.71. The maximum Gasteiger partial charge on any atom is 0.263 e. The Hall–Kier alpha value is -0.510. The molecule has 1 heterocycles. The van der Waals surface area contributed by atoms with Gasteiger partial charge in [0.15, 0.2) is 10.4 Å². The molecule has 0 atom stereocenters. The lowest BCUT2D eigenvalue weighted by Crippen LogP contribution is -2.15. The van der Waals surface area contributed by atoms with Crippen molar-refractivity contribution in [2.75, 3.05) is 4.72 Å². The fourth-order valence-corrected chi connectivity index (χ4v) is 3.77. The number of anilines is 1. The van der Waals surface area contributed by atoms with Gasteiger partial charge in [0.2, 0.25) is 0 Å². The number of benzene rings is 1. The second kappa shape index (κ2) is 6.08. The Bertz CT molecular complexity index is 766.